The number of hydrogen-bond donors (Lipinski definition) is 1. The predicted molar refractivity (Wildman–Crippen MR) is 80.1 cm³/mol. The van der Waals surface area contributed by atoms with E-state index in [9.17, 15) is 4.79 Å². The maximum absolute atomic E-state index is 12.0. The summed E-state index contributed by atoms with van der Waals surface area (Å²) in [4.78, 5) is 16.4. The van der Waals surface area contributed by atoms with E-state index in [-0.39, 0.29) is 12.0 Å². The first-order valence-corrected chi connectivity index (χ1v) is 7.19. The van der Waals surface area contributed by atoms with E-state index in [1.54, 1.807) is 11.9 Å². The van der Waals surface area contributed by atoms with Gasteiger partial charge in [-0.15, -0.1) is 0 Å². The van der Waals surface area contributed by atoms with Gasteiger partial charge in [-0.1, -0.05) is 12.2 Å². The fourth-order valence-electron chi connectivity index (χ4n) is 2.12. The maximum atomic E-state index is 12.0. The molecule has 110 valence electrons. The Kier molecular flexibility index (Phi) is 6.68. The van der Waals surface area contributed by atoms with Crippen molar-refractivity contribution >= 4 is 23.1 Å². The first-order chi connectivity index (χ1) is 8.90. The second kappa shape index (κ2) is 7.77. The lowest BCUT2D eigenvalue weighted by Crippen LogP contribution is -2.48. The van der Waals surface area contributed by atoms with E-state index >= 15 is 0 Å². The van der Waals surface area contributed by atoms with Crippen LogP contribution in [0, 0.1) is 0 Å². The Balaban J connectivity index is 2.30. The molecule has 1 aliphatic rings. The lowest BCUT2D eigenvalue weighted by molar-refractivity contribution is -0.131. The van der Waals surface area contributed by atoms with Crippen molar-refractivity contribution in [1.29, 1.82) is 0 Å². The second-order valence-corrected chi connectivity index (χ2v) is 5.79. The molecule has 1 aliphatic heterocycles. The number of nitrogens with zero attached hydrogens (tertiary/aromatic N) is 2. The first kappa shape index (κ1) is 16.3. The van der Waals surface area contributed by atoms with Gasteiger partial charge in [-0.3, -0.25) is 9.69 Å². The van der Waals surface area contributed by atoms with Gasteiger partial charge in [0.25, 0.3) is 0 Å². The van der Waals surface area contributed by atoms with Crippen molar-refractivity contribution in [1.82, 2.24) is 9.80 Å². The van der Waals surface area contributed by atoms with E-state index in [0.717, 1.165) is 19.7 Å². The highest BCUT2D eigenvalue weighted by Crippen LogP contribution is 2.11. The van der Waals surface area contributed by atoms with E-state index in [1.807, 2.05) is 0 Å². The van der Waals surface area contributed by atoms with Crippen LogP contribution in [0.4, 0.5) is 0 Å². The molecule has 6 heteroatoms. The number of rotatable bonds is 6. The van der Waals surface area contributed by atoms with Crippen molar-refractivity contribution in [2.75, 3.05) is 33.3 Å². The molecule has 1 amide bonds. The van der Waals surface area contributed by atoms with E-state index in [2.05, 4.69) is 18.7 Å². The van der Waals surface area contributed by atoms with Gasteiger partial charge in [0, 0.05) is 45.6 Å². The molecule has 0 spiro atoms. The molecule has 5 nitrogen and oxygen atoms in total. The zero-order valence-electron chi connectivity index (χ0n) is 12.1. The van der Waals surface area contributed by atoms with Crippen LogP contribution >= 0.6 is 12.2 Å². The molecule has 0 aliphatic carbocycles. The van der Waals surface area contributed by atoms with Crippen molar-refractivity contribution in [3.63, 3.8) is 0 Å². The zero-order chi connectivity index (χ0) is 14.4. The van der Waals surface area contributed by atoms with Gasteiger partial charge in [-0.25, -0.2) is 0 Å². The Morgan fingerprint density at radius 3 is 2.79 bits per heavy atom. The molecular formula is C13H25N3O2S. The molecule has 1 heterocycles. The van der Waals surface area contributed by atoms with Gasteiger partial charge >= 0.3 is 0 Å². The number of ether oxygens (including phenoxy) is 1. The summed E-state index contributed by atoms with van der Waals surface area (Å²) < 4.78 is 5.57. The highest BCUT2D eigenvalue weighted by atomic mass is 32.1. The van der Waals surface area contributed by atoms with E-state index in [1.165, 1.54) is 0 Å². The minimum Gasteiger partial charge on any atom is -0.393 e. The third-order valence-corrected chi connectivity index (χ3v) is 3.67. The van der Waals surface area contributed by atoms with E-state index in [4.69, 9.17) is 22.7 Å². The summed E-state index contributed by atoms with van der Waals surface area (Å²) in [6.07, 6.45) is 1.37. The van der Waals surface area contributed by atoms with Crippen LogP contribution in [0.25, 0.3) is 0 Å². The Bertz CT molecular complexity index is 325. The van der Waals surface area contributed by atoms with Crippen molar-refractivity contribution in [2.45, 2.75) is 38.8 Å². The Morgan fingerprint density at radius 2 is 2.16 bits per heavy atom. The third kappa shape index (κ3) is 5.84. The molecule has 1 rings (SSSR count). The summed E-state index contributed by atoms with van der Waals surface area (Å²) in [5.74, 6) is 0.141. The normalized spacial score (nSPS) is 24.2. The molecule has 0 aromatic rings. The van der Waals surface area contributed by atoms with Crippen LogP contribution in [-0.2, 0) is 9.53 Å². The number of thiocarbonyl (C=S) groups is 1. The Hall–Kier alpha value is -0.720. The fourth-order valence-corrected chi connectivity index (χ4v) is 2.21. The molecule has 2 N–H and O–H groups in total. The van der Waals surface area contributed by atoms with Gasteiger partial charge < -0.3 is 15.4 Å². The highest BCUT2D eigenvalue weighted by Gasteiger charge is 2.23. The summed E-state index contributed by atoms with van der Waals surface area (Å²) in [6, 6.07) is 0.380. The van der Waals surface area contributed by atoms with Gasteiger partial charge in [-0.05, 0) is 13.8 Å². The second-order valence-electron chi connectivity index (χ2n) is 5.27. The molecule has 0 aromatic carbocycles. The van der Waals surface area contributed by atoms with Crippen LogP contribution in [0.1, 0.15) is 26.7 Å². The van der Waals surface area contributed by atoms with Crippen LogP contribution in [0.5, 0.6) is 0 Å². The maximum Gasteiger partial charge on any atom is 0.223 e. The van der Waals surface area contributed by atoms with Gasteiger partial charge in [0.15, 0.2) is 0 Å². The summed E-state index contributed by atoms with van der Waals surface area (Å²) in [6.45, 7) is 7.22. The van der Waals surface area contributed by atoms with Crippen LogP contribution in [0.15, 0.2) is 0 Å². The molecule has 2 unspecified atom stereocenters. The van der Waals surface area contributed by atoms with Crippen molar-refractivity contribution in [3.8, 4) is 0 Å². The van der Waals surface area contributed by atoms with Crippen molar-refractivity contribution in [3.05, 3.63) is 0 Å². The molecule has 0 saturated carbocycles. The number of hydrogen-bond acceptors (Lipinski definition) is 4. The van der Waals surface area contributed by atoms with Gasteiger partial charge in [0.1, 0.15) is 0 Å². The molecule has 2 atom stereocenters. The predicted octanol–water partition coefficient (Wildman–Crippen LogP) is 0.620. The zero-order valence-corrected chi connectivity index (χ0v) is 12.9. The Labute approximate surface area is 121 Å². The van der Waals surface area contributed by atoms with Crippen LogP contribution in [-0.4, -0.2) is 66.1 Å². The summed E-state index contributed by atoms with van der Waals surface area (Å²) in [5, 5.41) is 0. The van der Waals surface area contributed by atoms with Crippen LogP contribution in [0.2, 0.25) is 0 Å². The smallest absolute Gasteiger partial charge is 0.223 e. The van der Waals surface area contributed by atoms with E-state index in [0.29, 0.717) is 30.4 Å². The molecule has 1 saturated heterocycles. The minimum absolute atomic E-state index is 0.141. The molecule has 1 fully saturated rings. The summed E-state index contributed by atoms with van der Waals surface area (Å²) in [7, 11) is 1.80. The summed E-state index contributed by atoms with van der Waals surface area (Å²) in [5.41, 5.74) is 5.44. The number of morpholine rings is 1. The molecule has 0 radical (unpaired) electrons. The topological polar surface area (TPSA) is 58.8 Å². The standard InChI is InChI=1S/C13H25N3O2S/c1-10-9-18-11(2)8-16(10)7-5-13(17)15(3)6-4-12(14)19/h10-11H,4-9H2,1-3H3,(H2,14,19). The largest absolute Gasteiger partial charge is 0.393 e. The number of amides is 1. The highest BCUT2D eigenvalue weighted by molar-refractivity contribution is 7.80. The summed E-state index contributed by atoms with van der Waals surface area (Å²) >= 11 is 4.81. The molecular weight excluding hydrogens is 262 g/mol. The third-order valence-electron chi connectivity index (χ3n) is 3.47. The molecule has 19 heavy (non-hydrogen) atoms. The first-order valence-electron chi connectivity index (χ1n) is 6.78. The molecule has 0 aromatic heterocycles. The number of carbonyl (C=O) groups excluding carboxylic acids is 1. The lowest BCUT2D eigenvalue weighted by Gasteiger charge is -2.36. The average Bonchev–Trinajstić information content (AvgIpc) is 2.36. The van der Waals surface area contributed by atoms with E-state index < -0.39 is 0 Å². The van der Waals surface area contributed by atoms with Crippen molar-refractivity contribution in [2.24, 2.45) is 5.73 Å². The quantitative estimate of drug-likeness (QED) is 0.726. The minimum atomic E-state index is 0.141. The average molecular weight is 287 g/mol. The lowest BCUT2D eigenvalue weighted by atomic mass is 10.2. The number of carbonyl (C=O) groups is 1. The van der Waals surface area contributed by atoms with Crippen LogP contribution in [0.3, 0.4) is 0 Å². The molecule has 0 bridgehead atoms. The SMILES string of the molecule is CC1CN(CCC(=O)N(C)CCC(N)=S)C(C)CO1. The van der Waals surface area contributed by atoms with Gasteiger partial charge in [0.05, 0.1) is 17.7 Å². The monoisotopic (exact) mass is 287 g/mol. The number of nitrogens with two attached hydrogens (primary N) is 1. The van der Waals surface area contributed by atoms with Gasteiger partial charge in [-0.2, -0.15) is 0 Å². The van der Waals surface area contributed by atoms with Crippen LogP contribution < -0.4 is 5.73 Å². The fraction of sp³-hybridized carbons (Fsp3) is 0.846. The van der Waals surface area contributed by atoms with Gasteiger partial charge in [0.2, 0.25) is 5.91 Å². The Morgan fingerprint density at radius 1 is 1.47 bits per heavy atom. The van der Waals surface area contributed by atoms with Crippen molar-refractivity contribution < 1.29 is 9.53 Å².